The van der Waals surface area contributed by atoms with Gasteiger partial charge in [0.1, 0.15) is 0 Å². The molecule has 0 spiro atoms. The maximum absolute atomic E-state index is 12.0. The Balaban J connectivity index is 4.50. The second-order valence-corrected chi connectivity index (χ2v) is 2.11. The first-order chi connectivity index (χ1) is 4.87. The first kappa shape index (κ1) is 10.3. The summed E-state index contributed by atoms with van der Waals surface area (Å²) in [5, 5.41) is 0. The van der Waals surface area contributed by atoms with E-state index in [2.05, 4.69) is 11.2 Å². The Labute approximate surface area is 63.5 Å². The average Bonchev–Trinajstić information content (AvgIpc) is 1.86. The van der Waals surface area contributed by atoms with Gasteiger partial charge in [0.15, 0.2) is 0 Å². The lowest BCUT2D eigenvalue weighted by atomic mass is 10.1. The van der Waals surface area contributed by atoms with E-state index in [9.17, 15) is 13.2 Å². The molecule has 0 heterocycles. The molecule has 0 rings (SSSR count). The molecule has 64 valence electrons. The van der Waals surface area contributed by atoms with Gasteiger partial charge in [-0.25, -0.2) is 0 Å². The van der Waals surface area contributed by atoms with Gasteiger partial charge >= 0.3 is 6.18 Å². The number of rotatable bonds is 2. The van der Waals surface area contributed by atoms with E-state index < -0.39 is 11.8 Å². The molecule has 0 fully saturated rings. The number of ether oxygens (including phenoxy) is 1. The lowest BCUT2D eigenvalue weighted by Crippen LogP contribution is -2.43. The van der Waals surface area contributed by atoms with Crippen LogP contribution in [0, 0.1) is 12.3 Å². The Morgan fingerprint density at radius 3 is 2.00 bits per heavy atom. The Bertz CT molecular complexity index is 168. The van der Waals surface area contributed by atoms with Gasteiger partial charge in [-0.1, -0.05) is 5.92 Å². The van der Waals surface area contributed by atoms with Crippen LogP contribution in [0.25, 0.3) is 0 Å². The van der Waals surface area contributed by atoms with Gasteiger partial charge in [-0.2, -0.15) is 13.2 Å². The van der Waals surface area contributed by atoms with Crippen molar-refractivity contribution in [3.8, 4) is 12.3 Å². The molecule has 0 amide bonds. The predicted octanol–water partition coefficient (Wildman–Crippen LogP) is 1.98. The molecule has 1 nitrogen and oxygen atoms in total. The molecular weight excluding hydrogens is 157 g/mol. The molecule has 0 aliphatic rings. The molecule has 1 unspecified atom stereocenters. The van der Waals surface area contributed by atoms with Crippen molar-refractivity contribution >= 4 is 0 Å². The van der Waals surface area contributed by atoms with Crippen LogP contribution in [0.5, 0.6) is 0 Å². The van der Waals surface area contributed by atoms with Gasteiger partial charge in [0.25, 0.3) is 0 Å². The van der Waals surface area contributed by atoms with E-state index in [1.54, 1.807) is 5.92 Å². The fourth-order valence-electron chi connectivity index (χ4n) is 0.494. The Kier molecular flexibility index (Phi) is 2.94. The molecule has 0 aromatic heterocycles. The Morgan fingerprint density at radius 1 is 1.45 bits per heavy atom. The summed E-state index contributed by atoms with van der Waals surface area (Å²) in [7, 11) is 0. The molecular formula is C7H9F3O. The summed E-state index contributed by atoms with van der Waals surface area (Å²) >= 11 is 0. The average molecular weight is 166 g/mol. The number of halogens is 3. The molecule has 11 heavy (non-hydrogen) atoms. The maximum Gasteiger partial charge on any atom is 0.428 e. The van der Waals surface area contributed by atoms with Crippen molar-refractivity contribution < 1.29 is 17.9 Å². The van der Waals surface area contributed by atoms with E-state index >= 15 is 0 Å². The van der Waals surface area contributed by atoms with Crippen LogP contribution in [0.1, 0.15) is 13.8 Å². The van der Waals surface area contributed by atoms with Crippen molar-refractivity contribution in [3.63, 3.8) is 0 Å². The van der Waals surface area contributed by atoms with Gasteiger partial charge < -0.3 is 4.74 Å². The zero-order chi connectivity index (χ0) is 9.12. The fraction of sp³-hybridized carbons (Fsp3) is 0.714. The van der Waals surface area contributed by atoms with E-state index in [4.69, 9.17) is 0 Å². The second-order valence-electron chi connectivity index (χ2n) is 2.11. The molecule has 4 heteroatoms. The standard InChI is InChI=1S/C7H9F3O/c1-4-6(3,11-5-2)7(8,9)10/h1H,5H2,2-3H3. The van der Waals surface area contributed by atoms with Gasteiger partial charge in [-0.3, -0.25) is 0 Å². The summed E-state index contributed by atoms with van der Waals surface area (Å²) in [6, 6.07) is 0. The lowest BCUT2D eigenvalue weighted by Gasteiger charge is -2.25. The van der Waals surface area contributed by atoms with E-state index in [0.29, 0.717) is 0 Å². The Morgan fingerprint density at radius 2 is 1.91 bits per heavy atom. The fourth-order valence-corrected chi connectivity index (χ4v) is 0.494. The topological polar surface area (TPSA) is 9.23 Å². The number of terminal acetylenes is 1. The van der Waals surface area contributed by atoms with E-state index in [0.717, 1.165) is 6.92 Å². The van der Waals surface area contributed by atoms with Crippen LogP contribution in [0.4, 0.5) is 13.2 Å². The third kappa shape index (κ3) is 2.12. The van der Waals surface area contributed by atoms with Crippen LogP contribution in [0.3, 0.4) is 0 Å². The van der Waals surface area contributed by atoms with Crippen LogP contribution in [-0.4, -0.2) is 18.4 Å². The number of alkyl halides is 3. The highest BCUT2D eigenvalue weighted by atomic mass is 19.4. The summed E-state index contributed by atoms with van der Waals surface area (Å²) in [4.78, 5) is 0. The molecule has 1 atom stereocenters. The zero-order valence-electron chi connectivity index (χ0n) is 6.33. The molecule has 0 bridgehead atoms. The summed E-state index contributed by atoms with van der Waals surface area (Å²) in [5.74, 6) is 1.57. The molecule has 0 aromatic carbocycles. The monoisotopic (exact) mass is 166 g/mol. The van der Waals surface area contributed by atoms with Crippen molar-refractivity contribution in [2.75, 3.05) is 6.61 Å². The van der Waals surface area contributed by atoms with Crippen LogP contribution < -0.4 is 0 Å². The minimum atomic E-state index is -4.50. The number of hydrogen-bond acceptors (Lipinski definition) is 1. The third-order valence-corrected chi connectivity index (χ3v) is 1.25. The van der Waals surface area contributed by atoms with Gasteiger partial charge in [0, 0.05) is 6.61 Å². The van der Waals surface area contributed by atoms with E-state index in [-0.39, 0.29) is 6.61 Å². The first-order valence-electron chi connectivity index (χ1n) is 3.06. The van der Waals surface area contributed by atoms with Crippen molar-refractivity contribution in [1.29, 1.82) is 0 Å². The number of hydrogen-bond donors (Lipinski definition) is 0. The van der Waals surface area contributed by atoms with Gasteiger partial charge in [0.05, 0.1) is 0 Å². The quantitative estimate of drug-likeness (QED) is 0.570. The Hall–Kier alpha value is -0.690. The highest BCUT2D eigenvalue weighted by Crippen LogP contribution is 2.32. The normalized spacial score (nSPS) is 17.1. The molecule has 0 aliphatic heterocycles. The predicted molar refractivity (Wildman–Crippen MR) is 34.9 cm³/mol. The van der Waals surface area contributed by atoms with Crippen LogP contribution in [-0.2, 0) is 4.74 Å². The smallest absolute Gasteiger partial charge is 0.354 e. The maximum atomic E-state index is 12.0. The SMILES string of the molecule is C#CC(C)(OCC)C(F)(F)F. The molecule has 0 N–H and O–H groups in total. The van der Waals surface area contributed by atoms with Gasteiger partial charge in [0.2, 0.25) is 5.60 Å². The van der Waals surface area contributed by atoms with Crippen LogP contribution in [0.15, 0.2) is 0 Å². The van der Waals surface area contributed by atoms with Crippen LogP contribution >= 0.6 is 0 Å². The zero-order valence-corrected chi connectivity index (χ0v) is 6.33. The van der Waals surface area contributed by atoms with Crippen molar-refractivity contribution in [2.45, 2.75) is 25.6 Å². The van der Waals surface area contributed by atoms with Crippen molar-refractivity contribution in [1.82, 2.24) is 0 Å². The summed E-state index contributed by atoms with van der Waals surface area (Å²) in [6.45, 7) is 2.23. The van der Waals surface area contributed by atoms with Crippen molar-refractivity contribution in [2.24, 2.45) is 0 Å². The summed E-state index contributed by atoms with van der Waals surface area (Å²) in [6.07, 6.45) is 0.182. The molecule has 0 radical (unpaired) electrons. The first-order valence-corrected chi connectivity index (χ1v) is 3.06. The van der Waals surface area contributed by atoms with Gasteiger partial charge in [-0.15, -0.1) is 6.42 Å². The molecule has 0 saturated heterocycles. The lowest BCUT2D eigenvalue weighted by molar-refractivity contribution is -0.244. The van der Waals surface area contributed by atoms with Crippen LogP contribution in [0.2, 0.25) is 0 Å². The van der Waals surface area contributed by atoms with E-state index in [1.807, 2.05) is 0 Å². The summed E-state index contributed by atoms with van der Waals surface area (Å²) < 4.78 is 40.5. The highest BCUT2D eigenvalue weighted by Gasteiger charge is 2.51. The van der Waals surface area contributed by atoms with E-state index in [1.165, 1.54) is 6.92 Å². The minimum absolute atomic E-state index is 0.0553. The summed E-state index contributed by atoms with van der Waals surface area (Å²) in [5.41, 5.74) is -2.44. The highest BCUT2D eigenvalue weighted by molar-refractivity contribution is 5.10. The largest absolute Gasteiger partial charge is 0.428 e. The van der Waals surface area contributed by atoms with Gasteiger partial charge in [-0.05, 0) is 13.8 Å². The molecule has 0 aromatic rings. The second kappa shape index (κ2) is 3.14. The van der Waals surface area contributed by atoms with Crippen molar-refractivity contribution in [3.05, 3.63) is 0 Å². The third-order valence-electron chi connectivity index (χ3n) is 1.25. The molecule has 0 aliphatic carbocycles. The molecule has 0 saturated carbocycles. The minimum Gasteiger partial charge on any atom is -0.354 e.